The van der Waals surface area contributed by atoms with Crippen LogP contribution in [0.25, 0.3) is 0 Å². The van der Waals surface area contributed by atoms with E-state index in [-0.39, 0.29) is 0 Å². The summed E-state index contributed by atoms with van der Waals surface area (Å²) in [6.45, 7) is 7.10. The van der Waals surface area contributed by atoms with E-state index in [1.54, 1.807) is 0 Å². The standard InChI is InChI=1S/C11H24N2O2/c14-9-3-7-13-6-2-1-4-12-5-10-15-11-8-13/h12,14H,1-11H2. The lowest BCUT2D eigenvalue weighted by molar-refractivity contribution is 0.104. The third-order valence-corrected chi connectivity index (χ3v) is 2.69. The minimum atomic E-state index is 0.291. The largest absolute Gasteiger partial charge is 0.396 e. The molecule has 0 aromatic heterocycles. The zero-order valence-electron chi connectivity index (χ0n) is 9.58. The number of rotatable bonds is 3. The summed E-state index contributed by atoms with van der Waals surface area (Å²) >= 11 is 0. The molecule has 1 saturated heterocycles. The molecule has 4 heteroatoms. The Balaban J connectivity index is 2.19. The van der Waals surface area contributed by atoms with Crippen LogP contribution in [0.2, 0.25) is 0 Å². The van der Waals surface area contributed by atoms with E-state index >= 15 is 0 Å². The first-order valence-electron chi connectivity index (χ1n) is 6.05. The van der Waals surface area contributed by atoms with Crippen molar-refractivity contribution in [3.63, 3.8) is 0 Å². The van der Waals surface area contributed by atoms with Crippen LogP contribution in [0.3, 0.4) is 0 Å². The molecular formula is C11H24N2O2. The summed E-state index contributed by atoms with van der Waals surface area (Å²) in [6.07, 6.45) is 3.34. The molecule has 0 amide bonds. The zero-order valence-corrected chi connectivity index (χ0v) is 9.58. The summed E-state index contributed by atoms with van der Waals surface area (Å²) < 4.78 is 5.51. The highest BCUT2D eigenvalue weighted by molar-refractivity contribution is 4.60. The Bertz CT molecular complexity index is 133. The fraction of sp³-hybridized carbons (Fsp3) is 1.00. The van der Waals surface area contributed by atoms with Gasteiger partial charge in [0.25, 0.3) is 0 Å². The van der Waals surface area contributed by atoms with Gasteiger partial charge in [0.15, 0.2) is 0 Å². The van der Waals surface area contributed by atoms with Gasteiger partial charge >= 0.3 is 0 Å². The molecule has 0 aliphatic carbocycles. The predicted molar refractivity (Wildman–Crippen MR) is 61.1 cm³/mol. The van der Waals surface area contributed by atoms with E-state index in [1.165, 1.54) is 12.8 Å². The van der Waals surface area contributed by atoms with Gasteiger partial charge in [0.2, 0.25) is 0 Å². The van der Waals surface area contributed by atoms with E-state index in [0.717, 1.165) is 52.4 Å². The van der Waals surface area contributed by atoms with Crippen molar-refractivity contribution in [1.82, 2.24) is 10.2 Å². The molecule has 90 valence electrons. The van der Waals surface area contributed by atoms with E-state index in [1.807, 2.05) is 0 Å². The second-order valence-electron chi connectivity index (χ2n) is 3.99. The van der Waals surface area contributed by atoms with Crippen molar-refractivity contribution in [3.8, 4) is 0 Å². The third-order valence-electron chi connectivity index (χ3n) is 2.69. The number of aliphatic hydroxyl groups is 1. The maximum Gasteiger partial charge on any atom is 0.0594 e. The Morgan fingerprint density at radius 1 is 1.13 bits per heavy atom. The van der Waals surface area contributed by atoms with Gasteiger partial charge in [-0.05, 0) is 32.4 Å². The summed E-state index contributed by atoms with van der Waals surface area (Å²) in [5.41, 5.74) is 0. The maximum absolute atomic E-state index is 8.80. The van der Waals surface area contributed by atoms with Crippen molar-refractivity contribution in [1.29, 1.82) is 0 Å². The quantitative estimate of drug-likeness (QED) is 0.701. The molecule has 1 rings (SSSR count). The van der Waals surface area contributed by atoms with Gasteiger partial charge in [-0.15, -0.1) is 0 Å². The predicted octanol–water partition coefficient (Wildman–Crippen LogP) is 0.0708. The smallest absolute Gasteiger partial charge is 0.0594 e. The Morgan fingerprint density at radius 3 is 2.93 bits per heavy atom. The first-order chi connectivity index (χ1) is 7.43. The highest BCUT2D eigenvalue weighted by Gasteiger charge is 2.05. The molecule has 1 aliphatic heterocycles. The second-order valence-corrected chi connectivity index (χ2v) is 3.99. The minimum absolute atomic E-state index is 0.291. The van der Waals surface area contributed by atoms with Crippen LogP contribution in [0.15, 0.2) is 0 Å². The van der Waals surface area contributed by atoms with Crippen LogP contribution < -0.4 is 5.32 Å². The SMILES string of the molecule is OCCCN1CCCCNCCOCC1. The molecule has 1 heterocycles. The van der Waals surface area contributed by atoms with Crippen molar-refractivity contribution in [3.05, 3.63) is 0 Å². The lowest BCUT2D eigenvalue weighted by atomic mass is 10.2. The fourth-order valence-electron chi connectivity index (χ4n) is 1.78. The van der Waals surface area contributed by atoms with Crippen molar-refractivity contribution in [2.75, 3.05) is 52.5 Å². The van der Waals surface area contributed by atoms with Crippen LogP contribution in [0.1, 0.15) is 19.3 Å². The molecule has 0 radical (unpaired) electrons. The number of ether oxygens (including phenoxy) is 1. The normalized spacial score (nSPS) is 22.2. The van der Waals surface area contributed by atoms with Gasteiger partial charge in [-0.2, -0.15) is 0 Å². The highest BCUT2D eigenvalue weighted by atomic mass is 16.5. The Hall–Kier alpha value is -0.160. The van der Waals surface area contributed by atoms with Crippen LogP contribution >= 0.6 is 0 Å². The monoisotopic (exact) mass is 216 g/mol. The van der Waals surface area contributed by atoms with E-state index in [4.69, 9.17) is 9.84 Å². The van der Waals surface area contributed by atoms with Crippen LogP contribution in [0.5, 0.6) is 0 Å². The van der Waals surface area contributed by atoms with Crippen molar-refractivity contribution >= 4 is 0 Å². The first-order valence-corrected chi connectivity index (χ1v) is 6.05. The van der Waals surface area contributed by atoms with Crippen molar-refractivity contribution < 1.29 is 9.84 Å². The molecule has 0 unspecified atom stereocenters. The summed E-state index contributed by atoms with van der Waals surface area (Å²) in [4.78, 5) is 2.39. The molecular weight excluding hydrogens is 192 g/mol. The molecule has 0 saturated carbocycles. The van der Waals surface area contributed by atoms with E-state index in [9.17, 15) is 0 Å². The lowest BCUT2D eigenvalue weighted by Crippen LogP contribution is -2.30. The van der Waals surface area contributed by atoms with Crippen LogP contribution in [0, 0.1) is 0 Å². The third kappa shape index (κ3) is 6.84. The average Bonchev–Trinajstić information content (AvgIpc) is 2.31. The molecule has 1 fully saturated rings. The first kappa shape index (κ1) is 12.9. The summed E-state index contributed by atoms with van der Waals surface area (Å²) in [5, 5.41) is 12.2. The Kier molecular flexibility index (Phi) is 7.83. The van der Waals surface area contributed by atoms with E-state index in [0.29, 0.717) is 6.61 Å². The fourth-order valence-corrected chi connectivity index (χ4v) is 1.78. The van der Waals surface area contributed by atoms with Gasteiger partial charge < -0.3 is 20.1 Å². The van der Waals surface area contributed by atoms with E-state index < -0.39 is 0 Å². The summed E-state index contributed by atoms with van der Waals surface area (Å²) in [5.74, 6) is 0. The Morgan fingerprint density at radius 2 is 2.07 bits per heavy atom. The van der Waals surface area contributed by atoms with Gasteiger partial charge in [-0.25, -0.2) is 0 Å². The van der Waals surface area contributed by atoms with Gasteiger partial charge in [0, 0.05) is 26.2 Å². The van der Waals surface area contributed by atoms with Gasteiger partial charge in [0.05, 0.1) is 13.2 Å². The number of hydrogen-bond acceptors (Lipinski definition) is 4. The summed E-state index contributed by atoms with van der Waals surface area (Å²) in [7, 11) is 0. The van der Waals surface area contributed by atoms with E-state index in [2.05, 4.69) is 10.2 Å². The lowest BCUT2D eigenvalue weighted by Gasteiger charge is -2.21. The number of nitrogens with one attached hydrogen (secondary N) is 1. The molecule has 0 atom stereocenters. The number of aliphatic hydroxyl groups excluding tert-OH is 1. The van der Waals surface area contributed by atoms with Crippen molar-refractivity contribution in [2.24, 2.45) is 0 Å². The average molecular weight is 216 g/mol. The zero-order chi connectivity index (χ0) is 10.8. The molecule has 1 aliphatic rings. The van der Waals surface area contributed by atoms with Crippen LogP contribution in [0.4, 0.5) is 0 Å². The molecule has 0 bridgehead atoms. The maximum atomic E-state index is 8.80. The molecule has 0 aromatic carbocycles. The summed E-state index contributed by atoms with van der Waals surface area (Å²) in [6, 6.07) is 0. The van der Waals surface area contributed by atoms with Gasteiger partial charge in [-0.3, -0.25) is 0 Å². The highest BCUT2D eigenvalue weighted by Crippen LogP contribution is 1.98. The second kappa shape index (κ2) is 9.09. The molecule has 0 spiro atoms. The number of nitrogens with zero attached hydrogens (tertiary/aromatic N) is 1. The Labute approximate surface area is 92.6 Å². The number of hydrogen-bond donors (Lipinski definition) is 2. The minimum Gasteiger partial charge on any atom is -0.396 e. The van der Waals surface area contributed by atoms with Gasteiger partial charge in [-0.1, -0.05) is 0 Å². The molecule has 4 nitrogen and oxygen atoms in total. The van der Waals surface area contributed by atoms with Gasteiger partial charge in [0.1, 0.15) is 0 Å². The topological polar surface area (TPSA) is 44.7 Å². The van der Waals surface area contributed by atoms with Crippen molar-refractivity contribution in [2.45, 2.75) is 19.3 Å². The molecule has 0 aromatic rings. The molecule has 15 heavy (non-hydrogen) atoms. The van der Waals surface area contributed by atoms with Crippen LogP contribution in [-0.2, 0) is 4.74 Å². The molecule has 2 N–H and O–H groups in total. The van der Waals surface area contributed by atoms with Crippen LogP contribution in [-0.4, -0.2) is 62.6 Å².